The summed E-state index contributed by atoms with van der Waals surface area (Å²) in [5.74, 6) is -0.526. The van der Waals surface area contributed by atoms with Gasteiger partial charge in [0.05, 0.1) is 6.04 Å². The highest BCUT2D eigenvalue weighted by molar-refractivity contribution is 6.31. The van der Waals surface area contributed by atoms with E-state index in [9.17, 15) is 9.18 Å². The highest BCUT2D eigenvalue weighted by Gasteiger charge is 2.25. The third-order valence-corrected chi connectivity index (χ3v) is 3.34. The Hall–Kier alpha value is -1.13. The fraction of sp³-hybridized carbons (Fsp3) is 0.462. The number of ether oxygens (including phenoxy) is 1. The highest BCUT2D eigenvalue weighted by Crippen LogP contribution is 2.24. The number of carbonyl (C=O) groups is 1. The second-order valence-electron chi connectivity index (χ2n) is 4.40. The molecule has 2 rings (SSSR count). The summed E-state index contributed by atoms with van der Waals surface area (Å²) in [4.78, 5) is 11.9. The van der Waals surface area contributed by atoms with Crippen LogP contribution in [0.2, 0.25) is 5.02 Å². The van der Waals surface area contributed by atoms with Crippen LogP contribution in [0.1, 0.15) is 31.4 Å². The van der Waals surface area contributed by atoms with E-state index in [1.807, 2.05) is 6.92 Å². The molecule has 1 aromatic carbocycles. The van der Waals surface area contributed by atoms with Crippen LogP contribution >= 0.6 is 11.6 Å². The van der Waals surface area contributed by atoms with Gasteiger partial charge in [-0.15, -0.1) is 0 Å². The largest absolute Gasteiger partial charge is 0.368 e. The fourth-order valence-corrected chi connectivity index (χ4v) is 2.35. The van der Waals surface area contributed by atoms with Crippen LogP contribution in [0, 0.1) is 5.82 Å². The zero-order chi connectivity index (χ0) is 13.1. The van der Waals surface area contributed by atoms with Gasteiger partial charge < -0.3 is 10.1 Å². The summed E-state index contributed by atoms with van der Waals surface area (Å²) < 4.78 is 18.2. The van der Waals surface area contributed by atoms with Crippen molar-refractivity contribution in [2.45, 2.75) is 31.9 Å². The minimum absolute atomic E-state index is 0.139. The summed E-state index contributed by atoms with van der Waals surface area (Å²) in [6, 6.07) is 3.88. The third kappa shape index (κ3) is 3.00. The Morgan fingerprint density at radius 3 is 3.00 bits per heavy atom. The molecule has 2 atom stereocenters. The zero-order valence-corrected chi connectivity index (χ0v) is 10.8. The summed E-state index contributed by atoms with van der Waals surface area (Å²) >= 11 is 5.94. The Labute approximate surface area is 110 Å². The van der Waals surface area contributed by atoms with Gasteiger partial charge >= 0.3 is 0 Å². The number of hydrogen-bond acceptors (Lipinski definition) is 2. The minimum atomic E-state index is -0.388. The SMILES string of the molecule is CC(NC(=O)C1CCCO1)c1ccc(F)cc1Cl. The van der Waals surface area contributed by atoms with E-state index in [2.05, 4.69) is 5.32 Å². The molecular formula is C13H15ClFNO2. The van der Waals surface area contributed by atoms with Gasteiger partial charge in [-0.25, -0.2) is 4.39 Å². The number of amides is 1. The molecule has 0 aromatic heterocycles. The van der Waals surface area contributed by atoms with Crippen molar-refractivity contribution in [2.24, 2.45) is 0 Å². The Kier molecular flexibility index (Phi) is 4.19. The van der Waals surface area contributed by atoms with E-state index in [-0.39, 0.29) is 23.9 Å². The van der Waals surface area contributed by atoms with Crippen LogP contribution < -0.4 is 5.32 Å². The Balaban J connectivity index is 2.02. The number of halogens is 2. The van der Waals surface area contributed by atoms with Crippen molar-refractivity contribution >= 4 is 17.5 Å². The molecule has 3 nitrogen and oxygen atoms in total. The maximum atomic E-state index is 12.9. The number of hydrogen-bond donors (Lipinski definition) is 1. The lowest BCUT2D eigenvalue weighted by molar-refractivity contribution is -0.130. The molecule has 0 radical (unpaired) electrons. The van der Waals surface area contributed by atoms with Gasteiger partial charge in [0.25, 0.3) is 0 Å². The van der Waals surface area contributed by atoms with E-state index in [1.165, 1.54) is 12.1 Å². The van der Waals surface area contributed by atoms with Gasteiger partial charge in [0, 0.05) is 11.6 Å². The van der Waals surface area contributed by atoms with Crippen molar-refractivity contribution in [3.05, 3.63) is 34.6 Å². The lowest BCUT2D eigenvalue weighted by atomic mass is 10.1. The molecule has 1 fully saturated rings. The number of rotatable bonds is 3. The Morgan fingerprint density at radius 2 is 2.39 bits per heavy atom. The molecule has 18 heavy (non-hydrogen) atoms. The number of nitrogens with one attached hydrogen (secondary N) is 1. The summed E-state index contributed by atoms with van der Waals surface area (Å²) in [6.07, 6.45) is 1.28. The molecule has 1 heterocycles. The molecule has 1 aromatic rings. The maximum Gasteiger partial charge on any atom is 0.249 e. The highest BCUT2D eigenvalue weighted by atomic mass is 35.5. The van der Waals surface area contributed by atoms with Crippen LogP contribution in [0.15, 0.2) is 18.2 Å². The molecule has 2 unspecified atom stereocenters. The maximum absolute atomic E-state index is 12.9. The molecule has 0 saturated carbocycles. The first-order valence-electron chi connectivity index (χ1n) is 5.95. The van der Waals surface area contributed by atoms with Gasteiger partial charge in [-0.1, -0.05) is 17.7 Å². The zero-order valence-electron chi connectivity index (χ0n) is 10.1. The van der Waals surface area contributed by atoms with Crippen molar-refractivity contribution in [3.8, 4) is 0 Å². The van der Waals surface area contributed by atoms with Crippen molar-refractivity contribution in [2.75, 3.05) is 6.61 Å². The quantitative estimate of drug-likeness (QED) is 0.918. The molecule has 1 amide bonds. The topological polar surface area (TPSA) is 38.3 Å². The monoisotopic (exact) mass is 271 g/mol. The third-order valence-electron chi connectivity index (χ3n) is 3.01. The van der Waals surface area contributed by atoms with Gasteiger partial charge in [-0.2, -0.15) is 0 Å². The Bertz CT molecular complexity index is 447. The van der Waals surface area contributed by atoms with E-state index in [1.54, 1.807) is 6.07 Å². The molecule has 5 heteroatoms. The lowest BCUT2D eigenvalue weighted by Gasteiger charge is -2.18. The first-order valence-corrected chi connectivity index (χ1v) is 6.32. The molecule has 1 aliphatic rings. The van der Waals surface area contributed by atoms with Crippen molar-refractivity contribution < 1.29 is 13.9 Å². The van der Waals surface area contributed by atoms with Crippen LogP contribution in [-0.2, 0) is 9.53 Å². The summed E-state index contributed by atoms with van der Waals surface area (Å²) in [6.45, 7) is 2.44. The van der Waals surface area contributed by atoms with Crippen LogP contribution in [0.4, 0.5) is 4.39 Å². The molecule has 0 spiro atoms. The molecular weight excluding hydrogens is 257 g/mol. The van der Waals surface area contributed by atoms with Gasteiger partial charge in [-0.3, -0.25) is 4.79 Å². The first kappa shape index (κ1) is 13.3. The van der Waals surface area contributed by atoms with Crippen LogP contribution in [0.25, 0.3) is 0 Å². The predicted octanol–water partition coefficient (Wildman–Crippen LogP) is 2.84. The summed E-state index contributed by atoms with van der Waals surface area (Å²) in [5.41, 5.74) is 0.699. The minimum Gasteiger partial charge on any atom is -0.368 e. The first-order chi connectivity index (χ1) is 8.58. The van der Waals surface area contributed by atoms with E-state index < -0.39 is 0 Å². The molecule has 0 aliphatic carbocycles. The molecule has 0 bridgehead atoms. The second kappa shape index (κ2) is 5.67. The van der Waals surface area contributed by atoms with Crippen molar-refractivity contribution in [1.82, 2.24) is 5.32 Å². The summed E-state index contributed by atoms with van der Waals surface area (Å²) in [7, 11) is 0. The average molecular weight is 272 g/mol. The molecule has 1 saturated heterocycles. The van der Waals surface area contributed by atoms with Crippen molar-refractivity contribution in [3.63, 3.8) is 0 Å². The van der Waals surface area contributed by atoms with Crippen LogP contribution in [0.5, 0.6) is 0 Å². The summed E-state index contributed by atoms with van der Waals surface area (Å²) in [5, 5.41) is 3.14. The van der Waals surface area contributed by atoms with Crippen molar-refractivity contribution in [1.29, 1.82) is 0 Å². The van der Waals surface area contributed by atoms with Gasteiger partial charge in [0.1, 0.15) is 11.9 Å². The van der Waals surface area contributed by atoms with Crippen LogP contribution in [-0.4, -0.2) is 18.6 Å². The molecule has 1 N–H and O–H groups in total. The van der Waals surface area contributed by atoms with E-state index in [0.29, 0.717) is 17.2 Å². The van der Waals surface area contributed by atoms with Gasteiger partial charge in [0.2, 0.25) is 5.91 Å². The van der Waals surface area contributed by atoms with E-state index in [4.69, 9.17) is 16.3 Å². The Morgan fingerprint density at radius 1 is 1.61 bits per heavy atom. The van der Waals surface area contributed by atoms with E-state index >= 15 is 0 Å². The predicted molar refractivity (Wildman–Crippen MR) is 66.9 cm³/mol. The standard InChI is InChI=1S/C13H15ClFNO2/c1-8(10-5-4-9(15)7-11(10)14)16-13(17)12-3-2-6-18-12/h4-5,7-8,12H,2-3,6H2,1H3,(H,16,17). The molecule has 98 valence electrons. The number of benzene rings is 1. The smallest absolute Gasteiger partial charge is 0.249 e. The molecule has 1 aliphatic heterocycles. The van der Waals surface area contributed by atoms with Gasteiger partial charge in [0.15, 0.2) is 0 Å². The van der Waals surface area contributed by atoms with E-state index in [0.717, 1.165) is 12.8 Å². The number of carbonyl (C=O) groups excluding carboxylic acids is 1. The average Bonchev–Trinajstić information content (AvgIpc) is 2.81. The fourth-order valence-electron chi connectivity index (χ4n) is 2.02. The van der Waals surface area contributed by atoms with Gasteiger partial charge in [-0.05, 0) is 37.5 Å². The lowest BCUT2D eigenvalue weighted by Crippen LogP contribution is -2.35. The normalized spacial score (nSPS) is 20.7. The van der Waals surface area contributed by atoms with Crippen LogP contribution in [0.3, 0.4) is 0 Å². The second-order valence-corrected chi connectivity index (χ2v) is 4.80.